The minimum atomic E-state index is -0.228. The van der Waals surface area contributed by atoms with Gasteiger partial charge < -0.3 is 10.1 Å². The predicted octanol–water partition coefficient (Wildman–Crippen LogP) is 1.77. The second-order valence-electron chi connectivity index (χ2n) is 4.71. The fourth-order valence-corrected chi connectivity index (χ4v) is 2.51. The van der Waals surface area contributed by atoms with Gasteiger partial charge >= 0.3 is 5.97 Å². The van der Waals surface area contributed by atoms with Gasteiger partial charge in [-0.3, -0.25) is 4.79 Å². The minimum absolute atomic E-state index is 0.103. The Balaban J connectivity index is 2.05. The van der Waals surface area contributed by atoms with Gasteiger partial charge in [-0.25, -0.2) is 4.39 Å². The highest BCUT2D eigenvalue weighted by Gasteiger charge is 2.31. The van der Waals surface area contributed by atoms with Crippen molar-refractivity contribution in [2.24, 2.45) is 11.8 Å². The molecule has 4 heteroatoms. The normalized spacial score (nSPS) is 23.7. The Morgan fingerprint density at radius 1 is 1.44 bits per heavy atom. The number of carbonyl (C=O) groups excluding carboxylic acids is 1. The van der Waals surface area contributed by atoms with E-state index in [-0.39, 0.29) is 23.6 Å². The maximum Gasteiger partial charge on any atom is 0.310 e. The first-order valence-electron chi connectivity index (χ1n) is 6.23. The Hall–Kier alpha value is -1.42. The van der Waals surface area contributed by atoms with E-state index in [9.17, 15) is 9.18 Å². The monoisotopic (exact) mass is 251 g/mol. The van der Waals surface area contributed by atoms with Crippen molar-refractivity contribution < 1.29 is 13.9 Å². The molecular weight excluding hydrogens is 233 g/mol. The van der Waals surface area contributed by atoms with E-state index >= 15 is 0 Å². The molecule has 0 aromatic heterocycles. The summed E-state index contributed by atoms with van der Waals surface area (Å²) in [5.74, 6) is -0.221. The summed E-state index contributed by atoms with van der Waals surface area (Å²) in [6, 6.07) is 6.49. The molecule has 1 aromatic carbocycles. The highest BCUT2D eigenvalue weighted by molar-refractivity contribution is 5.73. The van der Waals surface area contributed by atoms with Gasteiger partial charge in [-0.1, -0.05) is 12.1 Å². The van der Waals surface area contributed by atoms with Crippen molar-refractivity contribution >= 4 is 5.97 Å². The first-order chi connectivity index (χ1) is 8.70. The van der Waals surface area contributed by atoms with E-state index < -0.39 is 0 Å². The number of hydrogen-bond donors (Lipinski definition) is 1. The number of ether oxygens (including phenoxy) is 1. The van der Waals surface area contributed by atoms with Crippen LogP contribution in [0.4, 0.5) is 4.39 Å². The summed E-state index contributed by atoms with van der Waals surface area (Å²) in [5.41, 5.74) is 1.07. The van der Waals surface area contributed by atoms with Crippen LogP contribution >= 0.6 is 0 Å². The lowest BCUT2D eigenvalue weighted by Gasteiger charge is -2.30. The molecule has 0 unspecified atom stereocenters. The Morgan fingerprint density at radius 2 is 2.17 bits per heavy atom. The maximum absolute atomic E-state index is 12.8. The van der Waals surface area contributed by atoms with Gasteiger partial charge in [0.05, 0.1) is 13.0 Å². The second kappa shape index (κ2) is 5.96. The lowest BCUT2D eigenvalue weighted by atomic mass is 9.82. The summed E-state index contributed by atoms with van der Waals surface area (Å²) in [6.07, 6.45) is 1.73. The zero-order valence-electron chi connectivity index (χ0n) is 10.5. The van der Waals surface area contributed by atoms with Crippen LogP contribution in [-0.4, -0.2) is 26.2 Å². The van der Waals surface area contributed by atoms with Crippen LogP contribution < -0.4 is 5.32 Å². The molecule has 1 N–H and O–H groups in total. The number of piperidine rings is 1. The van der Waals surface area contributed by atoms with Gasteiger partial charge in [-0.05, 0) is 43.0 Å². The summed E-state index contributed by atoms with van der Waals surface area (Å²) in [6.45, 7) is 1.58. The molecule has 0 saturated carbocycles. The fraction of sp³-hybridized carbons (Fsp3) is 0.500. The molecule has 1 aliphatic rings. The van der Waals surface area contributed by atoms with E-state index in [1.165, 1.54) is 19.2 Å². The second-order valence-corrected chi connectivity index (χ2v) is 4.71. The molecule has 1 aromatic rings. The van der Waals surface area contributed by atoms with E-state index in [4.69, 9.17) is 4.74 Å². The van der Waals surface area contributed by atoms with Crippen LogP contribution in [0.15, 0.2) is 24.3 Å². The van der Waals surface area contributed by atoms with Gasteiger partial charge in [0, 0.05) is 6.54 Å². The number of methoxy groups -OCH3 is 1. The van der Waals surface area contributed by atoms with Crippen LogP contribution in [0.1, 0.15) is 12.0 Å². The molecule has 1 saturated heterocycles. The number of esters is 1. The number of halogens is 1. The number of benzene rings is 1. The third-order valence-corrected chi connectivity index (χ3v) is 3.54. The maximum atomic E-state index is 12.8. The van der Waals surface area contributed by atoms with Gasteiger partial charge in [0.1, 0.15) is 5.82 Å². The van der Waals surface area contributed by atoms with Crippen LogP contribution in [0.2, 0.25) is 0 Å². The third kappa shape index (κ3) is 3.07. The summed E-state index contributed by atoms with van der Waals surface area (Å²) in [5, 5.41) is 3.21. The highest BCUT2D eigenvalue weighted by atomic mass is 19.1. The van der Waals surface area contributed by atoms with Crippen LogP contribution in [0.5, 0.6) is 0 Å². The van der Waals surface area contributed by atoms with Crippen LogP contribution in [0.25, 0.3) is 0 Å². The summed E-state index contributed by atoms with van der Waals surface area (Å²) in [7, 11) is 1.42. The molecule has 0 spiro atoms. The van der Waals surface area contributed by atoms with Crippen molar-refractivity contribution in [3.05, 3.63) is 35.6 Å². The van der Waals surface area contributed by atoms with Crippen molar-refractivity contribution in [1.82, 2.24) is 5.32 Å². The van der Waals surface area contributed by atoms with Crippen molar-refractivity contribution in [2.75, 3.05) is 20.2 Å². The van der Waals surface area contributed by atoms with E-state index in [0.29, 0.717) is 6.54 Å². The first-order valence-corrected chi connectivity index (χ1v) is 6.23. The van der Waals surface area contributed by atoms with Gasteiger partial charge in [0.2, 0.25) is 0 Å². The lowest BCUT2D eigenvalue weighted by Crippen LogP contribution is -2.42. The third-order valence-electron chi connectivity index (χ3n) is 3.54. The van der Waals surface area contributed by atoms with E-state index in [1.807, 2.05) is 0 Å². The smallest absolute Gasteiger partial charge is 0.310 e. The molecule has 0 aliphatic carbocycles. The minimum Gasteiger partial charge on any atom is -0.469 e. The van der Waals surface area contributed by atoms with Gasteiger partial charge in [-0.15, -0.1) is 0 Å². The largest absolute Gasteiger partial charge is 0.469 e. The molecule has 1 aliphatic heterocycles. The van der Waals surface area contributed by atoms with Gasteiger partial charge in [0.25, 0.3) is 0 Å². The predicted molar refractivity (Wildman–Crippen MR) is 66.6 cm³/mol. The Kier molecular flexibility index (Phi) is 4.31. The molecule has 0 bridgehead atoms. The van der Waals surface area contributed by atoms with E-state index in [2.05, 4.69) is 5.32 Å². The molecule has 0 amide bonds. The Labute approximate surface area is 106 Å². The van der Waals surface area contributed by atoms with Crippen molar-refractivity contribution in [2.45, 2.75) is 12.8 Å². The zero-order chi connectivity index (χ0) is 13.0. The van der Waals surface area contributed by atoms with Crippen LogP contribution in [-0.2, 0) is 16.0 Å². The molecule has 2 atom stereocenters. The number of rotatable bonds is 3. The molecule has 18 heavy (non-hydrogen) atoms. The molecule has 1 fully saturated rings. The quantitative estimate of drug-likeness (QED) is 0.832. The molecular formula is C14H18FNO2. The standard InChI is InChI=1S/C14H18FNO2/c1-18-14(17)13-9-16-7-6-11(13)8-10-2-4-12(15)5-3-10/h2-5,11,13,16H,6-9H2,1H3/t11-,13+/m0/s1. The Bertz CT molecular complexity index is 405. The lowest BCUT2D eigenvalue weighted by molar-refractivity contribution is -0.148. The van der Waals surface area contributed by atoms with E-state index in [1.54, 1.807) is 12.1 Å². The molecule has 3 nitrogen and oxygen atoms in total. The van der Waals surface area contributed by atoms with Crippen molar-refractivity contribution in [3.8, 4) is 0 Å². The molecule has 1 heterocycles. The molecule has 2 rings (SSSR count). The van der Waals surface area contributed by atoms with Crippen molar-refractivity contribution in [1.29, 1.82) is 0 Å². The molecule has 98 valence electrons. The number of hydrogen-bond acceptors (Lipinski definition) is 3. The fourth-order valence-electron chi connectivity index (χ4n) is 2.51. The van der Waals surface area contributed by atoms with Crippen molar-refractivity contribution in [3.63, 3.8) is 0 Å². The van der Waals surface area contributed by atoms with E-state index in [0.717, 1.165) is 24.9 Å². The van der Waals surface area contributed by atoms with Crippen LogP contribution in [0.3, 0.4) is 0 Å². The van der Waals surface area contributed by atoms with Crippen LogP contribution in [0, 0.1) is 17.7 Å². The number of carbonyl (C=O) groups is 1. The average molecular weight is 251 g/mol. The zero-order valence-corrected chi connectivity index (χ0v) is 10.5. The summed E-state index contributed by atoms with van der Waals surface area (Å²) >= 11 is 0. The average Bonchev–Trinajstić information content (AvgIpc) is 2.41. The van der Waals surface area contributed by atoms with Gasteiger partial charge in [-0.2, -0.15) is 0 Å². The summed E-state index contributed by atoms with van der Waals surface area (Å²) < 4.78 is 17.7. The summed E-state index contributed by atoms with van der Waals surface area (Å²) in [4.78, 5) is 11.7. The SMILES string of the molecule is COC(=O)[C@@H]1CNCC[C@H]1Cc1ccc(F)cc1. The highest BCUT2D eigenvalue weighted by Crippen LogP contribution is 2.24. The van der Waals surface area contributed by atoms with Gasteiger partial charge in [0.15, 0.2) is 0 Å². The molecule has 0 radical (unpaired) electrons. The first kappa shape index (κ1) is 13.0. The topological polar surface area (TPSA) is 38.3 Å². The number of nitrogens with one attached hydrogen (secondary N) is 1. The Morgan fingerprint density at radius 3 is 2.83 bits per heavy atom.